The summed E-state index contributed by atoms with van der Waals surface area (Å²) in [6.07, 6.45) is 4.31. The fraction of sp³-hybridized carbons (Fsp3) is 0.923. The maximum absolute atomic E-state index is 11.4. The van der Waals surface area contributed by atoms with E-state index in [0.717, 1.165) is 26.0 Å². The van der Waals surface area contributed by atoms with Crippen molar-refractivity contribution in [2.45, 2.75) is 31.8 Å². The van der Waals surface area contributed by atoms with E-state index in [2.05, 4.69) is 4.90 Å². The summed E-state index contributed by atoms with van der Waals surface area (Å²) in [5.41, 5.74) is -0.719. The lowest BCUT2D eigenvalue weighted by atomic mass is 9.87. The van der Waals surface area contributed by atoms with Gasteiger partial charge in [-0.2, -0.15) is 0 Å². The highest BCUT2D eigenvalue weighted by Gasteiger charge is 2.43. The number of aliphatic carboxylic acids is 1. The highest BCUT2D eigenvalue weighted by atomic mass is 16.5. The van der Waals surface area contributed by atoms with Gasteiger partial charge in [0.1, 0.15) is 5.41 Å². The molecular weight excluding hydrogens is 234 g/mol. The average molecular weight is 257 g/mol. The second-order valence-electron chi connectivity index (χ2n) is 5.57. The van der Waals surface area contributed by atoms with Gasteiger partial charge < -0.3 is 19.5 Å². The first-order chi connectivity index (χ1) is 8.62. The van der Waals surface area contributed by atoms with Gasteiger partial charge in [0.2, 0.25) is 0 Å². The van der Waals surface area contributed by atoms with E-state index in [1.165, 1.54) is 6.42 Å². The van der Waals surface area contributed by atoms with Crippen LogP contribution in [0.4, 0.5) is 0 Å². The molecule has 2 saturated heterocycles. The molecule has 0 amide bonds. The van der Waals surface area contributed by atoms with Crippen molar-refractivity contribution in [1.82, 2.24) is 4.90 Å². The van der Waals surface area contributed by atoms with Crippen LogP contribution in [0.5, 0.6) is 0 Å². The number of hydrogen-bond acceptors (Lipinski definition) is 4. The fourth-order valence-electron chi connectivity index (χ4n) is 2.85. The van der Waals surface area contributed by atoms with Crippen LogP contribution in [0.2, 0.25) is 0 Å². The van der Waals surface area contributed by atoms with Crippen LogP contribution in [-0.2, 0) is 14.3 Å². The molecule has 2 heterocycles. The van der Waals surface area contributed by atoms with E-state index in [1.807, 2.05) is 7.05 Å². The molecule has 2 fully saturated rings. The zero-order valence-electron chi connectivity index (χ0n) is 11.1. The predicted octanol–water partition coefficient (Wildman–Crippen LogP) is 0.979. The van der Waals surface area contributed by atoms with Crippen molar-refractivity contribution >= 4 is 5.97 Å². The van der Waals surface area contributed by atoms with Crippen molar-refractivity contribution in [1.29, 1.82) is 0 Å². The highest BCUT2D eigenvalue weighted by Crippen LogP contribution is 2.30. The van der Waals surface area contributed by atoms with Crippen LogP contribution in [0.1, 0.15) is 25.7 Å². The monoisotopic (exact) mass is 257 g/mol. The zero-order valence-corrected chi connectivity index (χ0v) is 11.1. The number of carboxylic acid groups (broad SMARTS) is 1. The van der Waals surface area contributed by atoms with Crippen molar-refractivity contribution in [3.8, 4) is 0 Å². The van der Waals surface area contributed by atoms with Crippen LogP contribution in [-0.4, -0.2) is 62.0 Å². The molecule has 0 saturated carbocycles. The van der Waals surface area contributed by atoms with E-state index < -0.39 is 11.4 Å². The molecule has 0 radical (unpaired) electrons. The van der Waals surface area contributed by atoms with Gasteiger partial charge in [0.25, 0.3) is 0 Å². The van der Waals surface area contributed by atoms with E-state index in [9.17, 15) is 9.90 Å². The summed E-state index contributed by atoms with van der Waals surface area (Å²) >= 11 is 0. The van der Waals surface area contributed by atoms with Gasteiger partial charge in [-0.3, -0.25) is 4.79 Å². The summed E-state index contributed by atoms with van der Waals surface area (Å²) in [6.45, 7) is 3.08. The van der Waals surface area contributed by atoms with Crippen LogP contribution in [0.15, 0.2) is 0 Å². The third-order valence-electron chi connectivity index (χ3n) is 3.92. The van der Waals surface area contributed by atoms with E-state index in [1.54, 1.807) is 0 Å². The summed E-state index contributed by atoms with van der Waals surface area (Å²) in [5, 5.41) is 9.38. The lowest BCUT2D eigenvalue weighted by molar-refractivity contribution is -0.150. The van der Waals surface area contributed by atoms with Crippen molar-refractivity contribution < 1.29 is 19.4 Å². The molecule has 0 aromatic heterocycles. The number of hydrogen-bond donors (Lipinski definition) is 1. The normalized spacial score (nSPS) is 32.9. The number of carbonyl (C=O) groups is 1. The molecule has 2 aliphatic rings. The van der Waals surface area contributed by atoms with Crippen molar-refractivity contribution in [3.63, 3.8) is 0 Å². The topological polar surface area (TPSA) is 59.0 Å². The Morgan fingerprint density at radius 1 is 1.44 bits per heavy atom. The molecule has 0 spiro atoms. The molecule has 2 aliphatic heterocycles. The smallest absolute Gasteiger partial charge is 0.313 e. The molecule has 0 aromatic rings. The quantitative estimate of drug-likeness (QED) is 0.795. The van der Waals surface area contributed by atoms with Crippen molar-refractivity contribution in [2.75, 3.05) is 40.0 Å². The summed E-state index contributed by atoms with van der Waals surface area (Å²) in [7, 11) is 1.97. The number of ether oxygens (including phenoxy) is 2. The Hall–Kier alpha value is -0.650. The Labute approximate surface area is 108 Å². The first-order valence-corrected chi connectivity index (χ1v) is 6.74. The second kappa shape index (κ2) is 5.99. The van der Waals surface area contributed by atoms with Crippen LogP contribution in [0.25, 0.3) is 0 Å². The maximum Gasteiger partial charge on any atom is 0.313 e. The van der Waals surface area contributed by atoms with Gasteiger partial charge in [-0.1, -0.05) is 0 Å². The Bertz CT molecular complexity index is 283. The Kier molecular flexibility index (Phi) is 4.59. The molecule has 2 rings (SSSR count). The minimum absolute atomic E-state index is 0.261. The highest BCUT2D eigenvalue weighted by molar-refractivity contribution is 5.75. The Morgan fingerprint density at radius 2 is 2.28 bits per heavy atom. The van der Waals surface area contributed by atoms with Gasteiger partial charge in [0, 0.05) is 26.3 Å². The van der Waals surface area contributed by atoms with Crippen molar-refractivity contribution in [3.05, 3.63) is 0 Å². The standard InChI is InChI=1S/C13H23NO4/c1-14(8-11-4-2-3-6-18-11)9-13(12(15)16)5-7-17-10-13/h11H,2-10H2,1H3,(H,15,16). The van der Waals surface area contributed by atoms with Crippen LogP contribution in [0.3, 0.4) is 0 Å². The van der Waals surface area contributed by atoms with Gasteiger partial charge in [-0.25, -0.2) is 0 Å². The Balaban J connectivity index is 1.84. The van der Waals surface area contributed by atoms with Crippen LogP contribution >= 0.6 is 0 Å². The van der Waals surface area contributed by atoms with Gasteiger partial charge in [-0.15, -0.1) is 0 Å². The van der Waals surface area contributed by atoms with Gasteiger partial charge in [0.15, 0.2) is 0 Å². The maximum atomic E-state index is 11.4. The SMILES string of the molecule is CN(CC1CCCCO1)CC1(C(=O)O)CCOC1. The summed E-state index contributed by atoms with van der Waals surface area (Å²) in [6, 6.07) is 0. The predicted molar refractivity (Wildman–Crippen MR) is 66.6 cm³/mol. The lowest BCUT2D eigenvalue weighted by Gasteiger charge is -2.32. The molecule has 5 nitrogen and oxygen atoms in total. The average Bonchev–Trinajstić information content (AvgIpc) is 2.80. The first-order valence-electron chi connectivity index (χ1n) is 6.74. The largest absolute Gasteiger partial charge is 0.481 e. The summed E-state index contributed by atoms with van der Waals surface area (Å²) < 4.78 is 11.0. The summed E-state index contributed by atoms with van der Waals surface area (Å²) in [5.74, 6) is -0.739. The van der Waals surface area contributed by atoms with E-state index in [-0.39, 0.29) is 6.10 Å². The molecule has 1 N–H and O–H groups in total. The molecule has 0 bridgehead atoms. The minimum atomic E-state index is -0.739. The fourth-order valence-corrected chi connectivity index (χ4v) is 2.85. The van der Waals surface area contributed by atoms with Crippen molar-refractivity contribution in [2.24, 2.45) is 5.41 Å². The lowest BCUT2D eigenvalue weighted by Crippen LogP contribution is -2.45. The molecule has 0 aromatic carbocycles. The third-order valence-corrected chi connectivity index (χ3v) is 3.92. The van der Waals surface area contributed by atoms with E-state index in [4.69, 9.17) is 9.47 Å². The molecule has 0 aliphatic carbocycles. The zero-order chi connectivity index (χ0) is 13.0. The Morgan fingerprint density at radius 3 is 2.83 bits per heavy atom. The van der Waals surface area contributed by atoms with Gasteiger partial charge in [-0.05, 0) is 32.7 Å². The van der Waals surface area contributed by atoms with Gasteiger partial charge in [0.05, 0.1) is 12.7 Å². The number of rotatable bonds is 5. The molecule has 2 atom stereocenters. The van der Waals surface area contributed by atoms with E-state index in [0.29, 0.717) is 26.2 Å². The first kappa shape index (κ1) is 13.8. The van der Waals surface area contributed by atoms with Crippen LogP contribution in [0, 0.1) is 5.41 Å². The number of nitrogens with zero attached hydrogens (tertiary/aromatic N) is 1. The number of carboxylic acids is 1. The van der Waals surface area contributed by atoms with E-state index >= 15 is 0 Å². The van der Waals surface area contributed by atoms with Crippen LogP contribution < -0.4 is 0 Å². The minimum Gasteiger partial charge on any atom is -0.481 e. The molecule has 5 heteroatoms. The molecule has 104 valence electrons. The molecular formula is C13H23NO4. The third kappa shape index (κ3) is 3.22. The second-order valence-corrected chi connectivity index (χ2v) is 5.57. The number of likely N-dealkylation sites (N-methyl/N-ethyl adjacent to an activating group) is 1. The van der Waals surface area contributed by atoms with Gasteiger partial charge >= 0.3 is 5.97 Å². The molecule has 2 unspecified atom stereocenters. The summed E-state index contributed by atoms with van der Waals surface area (Å²) in [4.78, 5) is 13.5. The molecule has 18 heavy (non-hydrogen) atoms.